The number of aliphatic imine (C=N–C) groups is 1. The zero-order valence-electron chi connectivity index (χ0n) is 16.8. The lowest BCUT2D eigenvalue weighted by Gasteiger charge is -2.31. The van der Waals surface area contributed by atoms with Crippen molar-refractivity contribution >= 4 is 11.9 Å². The number of nitrogens with two attached hydrogens (primary N) is 1. The van der Waals surface area contributed by atoms with Gasteiger partial charge in [0.25, 0.3) is 0 Å². The maximum absolute atomic E-state index is 12.9. The molecular weight excluding hydrogens is 361 g/mol. The molecule has 156 valence electrons. The van der Waals surface area contributed by atoms with Gasteiger partial charge in [-0.2, -0.15) is 0 Å². The van der Waals surface area contributed by atoms with Crippen LogP contribution >= 0.6 is 0 Å². The number of guanidine groups is 1. The van der Waals surface area contributed by atoms with Gasteiger partial charge in [-0.1, -0.05) is 0 Å². The summed E-state index contributed by atoms with van der Waals surface area (Å²) in [4.78, 5) is 17.9. The van der Waals surface area contributed by atoms with Crippen molar-refractivity contribution in [3.63, 3.8) is 0 Å². The molecule has 0 radical (unpaired) electrons. The molecule has 0 aromatic heterocycles. The fourth-order valence-corrected chi connectivity index (χ4v) is 3.25. The Bertz CT molecular complexity index is 638. The van der Waals surface area contributed by atoms with Crippen LogP contribution in [-0.2, 0) is 4.79 Å². The van der Waals surface area contributed by atoms with Crippen molar-refractivity contribution < 1.29 is 13.9 Å². The smallest absolute Gasteiger partial charge is 0.221 e. The van der Waals surface area contributed by atoms with Crippen molar-refractivity contribution in [1.29, 1.82) is 0 Å². The van der Waals surface area contributed by atoms with Crippen LogP contribution in [0, 0.1) is 11.7 Å². The molecule has 0 aliphatic carbocycles. The highest BCUT2D eigenvalue weighted by Crippen LogP contribution is 2.16. The van der Waals surface area contributed by atoms with E-state index in [1.165, 1.54) is 12.1 Å². The van der Waals surface area contributed by atoms with Crippen LogP contribution in [0.1, 0.15) is 26.2 Å². The number of likely N-dealkylation sites (tertiary alicyclic amines) is 1. The molecule has 8 heteroatoms. The van der Waals surface area contributed by atoms with Crippen LogP contribution < -0.4 is 21.1 Å². The first kappa shape index (κ1) is 21.9. The summed E-state index contributed by atoms with van der Waals surface area (Å²) >= 11 is 0. The van der Waals surface area contributed by atoms with E-state index in [9.17, 15) is 9.18 Å². The summed E-state index contributed by atoms with van der Waals surface area (Å²) in [5, 5.41) is 6.51. The molecule has 28 heavy (non-hydrogen) atoms. The number of nitrogens with zero attached hydrogens (tertiary/aromatic N) is 2. The third-order valence-corrected chi connectivity index (χ3v) is 4.78. The van der Waals surface area contributed by atoms with E-state index in [0.717, 1.165) is 45.4 Å². The highest BCUT2D eigenvalue weighted by atomic mass is 19.1. The molecule has 1 fully saturated rings. The number of carbonyl (C=O) groups is 1. The van der Waals surface area contributed by atoms with E-state index in [4.69, 9.17) is 10.5 Å². The van der Waals surface area contributed by atoms with Crippen molar-refractivity contribution in [2.24, 2.45) is 16.6 Å². The van der Waals surface area contributed by atoms with E-state index in [-0.39, 0.29) is 23.7 Å². The summed E-state index contributed by atoms with van der Waals surface area (Å²) in [5.41, 5.74) is 5.43. The summed E-state index contributed by atoms with van der Waals surface area (Å²) in [6, 6.07) is 5.98. The van der Waals surface area contributed by atoms with E-state index in [2.05, 4.69) is 20.5 Å². The highest BCUT2D eigenvalue weighted by molar-refractivity contribution is 5.79. The minimum Gasteiger partial charge on any atom is -0.489 e. The highest BCUT2D eigenvalue weighted by Gasteiger charge is 2.23. The average Bonchev–Trinajstić information content (AvgIpc) is 2.69. The lowest BCUT2D eigenvalue weighted by molar-refractivity contribution is -0.123. The predicted octanol–water partition coefficient (Wildman–Crippen LogP) is 1.35. The summed E-state index contributed by atoms with van der Waals surface area (Å²) in [5.74, 6) is 0.859. The zero-order valence-corrected chi connectivity index (χ0v) is 16.8. The first-order valence-electron chi connectivity index (χ1n) is 9.86. The van der Waals surface area contributed by atoms with E-state index < -0.39 is 0 Å². The molecule has 2 rings (SSSR count). The molecule has 0 saturated carbocycles. The molecule has 2 atom stereocenters. The quantitative estimate of drug-likeness (QED) is 0.335. The Morgan fingerprint density at radius 1 is 1.39 bits per heavy atom. The summed E-state index contributed by atoms with van der Waals surface area (Å²) in [6.45, 7) is 6.01. The Kier molecular flexibility index (Phi) is 9.00. The maximum Gasteiger partial charge on any atom is 0.221 e. The van der Waals surface area contributed by atoms with E-state index in [1.807, 2.05) is 6.92 Å². The van der Waals surface area contributed by atoms with Crippen LogP contribution in [0.3, 0.4) is 0 Å². The number of benzene rings is 1. The molecule has 1 saturated heterocycles. The predicted molar refractivity (Wildman–Crippen MR) is 109 cm³/mol. The number of primary amides is 1. The third kappa shape index (κ3) is 7.72. The largest absolute Gasteiger partial charge is 0.489 e. The van der Waals surface area contributed by atoms with Crippen LogP contribution in [0.15, 0.2) is 29.3 Å². The van der Waals surface area contributed by atoms with Crippen LogP contribution in [0.5, 0.6) is 5.75 Å². The second kappa shape index (κ2) is 11.5. The van der Waals surface area contributed by atoms with Gasteiger partial charge in [0.1, 0.15) is 17.7 Å². The molecule has 1 aliphatic rings. The van der Waals surface area contributed by atoms with Gasteiger partial charge in [-0.15, -0.1) is 0 Å². The molecule has 0 spiro atoms. The number of rotatable bonds is 9. The first-order chi connectivity index (χ1) is 13.5. The SMILES string of the molecule is CN=C(NCCCN1CCCC(C(N)=O)C1)NCC(C)Oc1ccc(F)cc1. The fraction of sp³-hybridized carbons (Fsp3) is 0.600. The number of carbonyl (C=O) groups excluding carboxylic acids is 1. The van der Waals surface area contributed by atoms with Crippen molar-refractivity contribution in [3.05, 3.63) is 30.1 Å². The molecular formula is C20H32FN5O2. The third-order valence-electron chi connectivity index (χ3n) is 4.78. The summed E-state index contributed by atoms with van der Waals surface area (Å²) in [6.07, 6.45) is 2.78. The molecule has 1 heterocycles. The van der Waals surface area contributed by atoms with Gasteiger partial charge < -0.3 is 26.0 Å². The zero-order chi connectivity index (χ0) is 20.4. The van der Waals surface area contributed by atoms with Crippen molar-refractivity contribution in [3.8, 4) is 5.75 Å². The molecule has 1 aromatic carbocycles. The van der Waals surface area contributed by atoms with Crippen LogP contribution in [0.4, 0.5) is 4.39 Å². The standard InChI is InChI=1S/C20H32FN5O2/c1-15(28-18-8-6-17(21)7-9-18)13-25-20(23-2)24-10-4-12-26-11-3-5-16(14-26)19(22)27/h6-9,15-16H,3-5,10-14H2,1-2H3,(H2,22,27)(H2,23,24,25). The fourth-order valence-electron chi connectivity index (χ4n) is 3.25. The number of hydrogen-bond donors (Lipinski definition) is 3. The second-order valence-electron chi connectivity index (χ2n) is 7.16. The molecule has 4 N–H and O–H groups in total. The van der Waals surface area contributed by atoms with E-state index in [0.29, 0.717) is 18.3 Å². The number of amides is 1. The number of hydrogen-bond acceptors (Lipinski definition) is 4. The number of nitrogens with one attached hydrogen (secondary N) is 2. The van der Waals surface area contributed by atoms with E-state index in [1.54, 1.807) is 19.2 Å². The van der Waals surface area contributed by atoms with Crippen LogP contribution in [0.2, 0.25) is 0 Å². The molecule has 1 aliphatic heterocycles. The summed E-state index contributed by atoms with van der Waals surface area (Å²) < 4.78 is 18.7. The number of piperidine rings is 1. The lowest BCUT2D eigenvalue weighted by Crippen LogP contribution is -2.44. The minimum absolute atomic E-state index is 0.0151. The topological polar surface area (TPSA) is 92.0 Å². The van der Waals surface area contributed by atoms with Gasteiger partial charge in [-0.25, -0.2) is 4.39 Å². The van der Waals surface area contributed by atoms with Gasteiger partial charge in [0.05, 0.1) is 12.5 Å². The Morgan fingerprint density at radius 3 is 2.82 bits per heavy atom. The monoisotopic (exact) mass is 393 g/mol. The Labute approximate surface area is 166 Å². The van der Waals surface area contributed by atoms with Crippen molar-refractivity contribution in [1.82, 2.24) is 15.5 Å². The Balaban J connectivity index is 1.61. The van der Waals surface area contributed by atoms with Crippen LogP contribution in [0.25, 0.3) is 0 Å². The Hall–Kier alpha value is -2.35. The first-order valence-corrected chi connectivity index (χ1v) is 9.86. The summed E-state index contributed by atoms with van der Waals surface area (Å²) in [7, 11) is 1.73. The lowest BCUT2D eigenvalue weighted by atomic mass is 9.97. The number of ether oxygens (including phenoxy) is 1. The van der Waals surface area contributed by atoms with Gasteiger partial charge in [0.2, 0.25) is 5.91 Å². The minimum atomic E-state index is -0.280. The molecule has 1 aromatic rings. The van der Waals surface area contributed by atoms with Gasteiger partial charge in [0, 0.05) is 20.1 Å². The molecule has 0 bridgehead atoms. The van der Waals surface area contributed by atoms with Crippen molar-refractivity contribution in [2.45, 2.75) is 32.3 Å². The average molecular weight is 394 g/mol. The van der Waals surface area contributed by atoms with Gasteiger partial charge in [0.15, 0.2) is 5.96 Å². The van der Waals surface area contributed by atoms with Crippen LogP contribution in [-0.4, -0.2) is 62.6 Å². The second-order valence-corrected chi connectivity index (χ2v) is 7.16. The van der Waals surface area contributed by atoms with Gasteiger partial charge in [-0.3, -0.25) is 9.79 Å². The van der Waals surface area contributed by atoms with Gasteiger partial charge >= 0.3 is 0 Å². The van der Waals surface area contributed by atoms with Crippen molar-refractivity contribution in [2.75, 3.05) is 39.8 Å². The molecule has 1 amide bonds. The number of halogens is 1. The molecule has 2 unspecified atom stereocenters. The maximum atomic E-state index is 12.9. The Morgan fingerprint density at radius 2 is 2.14 bits per heavy atom. The normalized spacial score (nSPS) is 19.1. The van der Waals surface area contributed by atoms with Gasteiger partial charge in [-0.05, 0) is 63.5 Å². The van der Waals surface area contributed by atoms with E-state index >= 15 is 0 Å². The molecule has 7 nitrogen and oxygen atoms in total.